The average Bonchev–Trinajstić information content (AvgIpc) is 2.47. The van der Waals surface area contributed by atoms with Gasteiger partial charge in [0.15, 0.2) is 0 Å². The van der Waals surface area contributed by atoms with Crippen molar-refractivity contribution in [3.05, 3.63) is 29.3 Å². The first-order valence-electron chi connectivity index (χ1n) is 7.51. The van der Waals surface area contributed by atoms with Gasteiger partial charge >= 0.3 is 0 Å². The van der Waals surface area contributed by atoms with E-state index in [1.54, 1.807) is 0 Å². The van der Waals surface area contributed by atoms with Crippen LogP contribution >= 0.6 is 0 Å². The second-order valence-electron chi connectivity index (χ2n) is 5.10. The van der Waals surface area contributed by atoms with Crippen LogP contribution in [-0.4, -0.2) is 37.7 Å². The number of hydrogen-bond acceptors (Lipinski definition) is 3. The largest absolute Gasteiger partial charge is 0.493 e. The normalized spacial score (nSPS) is 14.3. The Morgan fingerprint density at radius 1 is 1.26 bits per heavy atom. The minimum Gasteiger partial charge on any atom is -0.493 e. The third-order valence-electron chi connectivity index (χ3n) is 3.80. The van der Waals surface area contributed by atoms with Crippen molar-refractivity contribution >= 4 is 0 Å². The molecule has 3 heteroatoms. The highest BCUT2D eigenvalue weighted by Crippen LogP contribution is 2.25. The molecule has 0 atom stereocenters. The summed E-state index contributed by atoms with van der Waals surface area (Å²) >= 11 is 0. The molecule has 3 nitrogen and oxygen atoms in total. The van der Waals surface area contributed by atoms with Gasteiger partial charge in [-0.2, -0.15) is 0 Å². The van der Waals surface area contributed by atoms with Crippen molar-refractivity contribution in [2.24, 2.45) is 0 Å². The van der Waals surface area contributed by atoms with Crippen LogP contribution in [0.25, 0.3) is 0 Å². The first kappa shape index (κ1) is 14.4. The zero-order valence-corrected chi connectivity index (χ0v) is 12.2. The lowest BCUT2D eigenvalue weighted by atomic mass is 10.0. The molecule has 19 heavy (non-hydrogen) atoms. The Bertz CT molecular complexity index is 388. The van der Waals surface area contributed by atoms with E-state index < -0.39 is 0 Å². The van der Waals surface area contributed by atoms with Crippen LogP contribution < -0.4 is 10.1 Å². The van der Waals surface area contributed by atoms with Gasteiger partial charge in [-0.1, -0.05) is 26.0 Å². The summed E-state index contributed by atoms with van der Waals surface area (Å²) in [6, 6.07) is 6.59. The number of nitrogens with zero attached hydrogens (tertiary/aromatic N) is 1. The van der Waals surface area contributed by atoms with Crippen molar-refractivity contribution in [3.63, 3.8) is 0 Å². The summed E-state index contributed by atoms with van der Waals surface area (Å²) in [7, 11) is 0. The van der Waals surface area contributed by atoms with E-state index in [9.17, 15) is 0 Å². The molecule has 0 spiro atoms. The Balaban J connectivity index is 1.77. The number of likely N-dealkylation sites (N-methyl/N-ethyl adjacent to an activating group) is 1. The molecule has 1 aromatic carbocycles. The van der Waals surface area contributed by atoms with Gasteiger partial charge in [-0.25, -0.2) is 0 Å². The van der Waals surface area contributed by atoms with Crippen molar-refractivity contribution in [3.8, 4) is 5.75 Å². The lowest BCUT2D eigenvalue weighted by Gasteiger charge is -2.19. The van der Waals surface area contributed by atoms with Gasteiger partial charge in [0, 0.05) is 19.6 Å². The quantitative estimate of drug-likeness (QED) is 0.764. The van der Waals surface area contributed by atoms with E-state index in [2.05, 4.69) is 42.3 Å². The van der Waals surface area contributed by atoms with E-state index in [1.165, 1.54) is 11.1 Å². The fourth-order valence-electron chi connectivity index (χ4n) is 2.53. The number of nitrogens with one attached hydrogen (secondary N) is 1. The lowest BCUT2D eigenvalue weighted by Crippen LogP contribution is -2.31. The number of hydrogen-bond donors (Lipinski definition) is 1. The molecule has 0 bridgehead atoms. The molecule has 1 heterocycles. The third-order valence-corrected chi connectivity index (χ3v) is 3.80. The van der Waals surface area contributed by atoms with E-state index in [0.717, 1.165) is 57.9 Å². The molecule has 1 N–H and O–H groups in total. The van der Waals surface area contributed by atoms with Crippen molar-refractivity contribution in [1.29, 1.82) is 0 Å². The first-order valence-corrected chi connectivity index (χ1v) is 7.51. The highest BCUT2D eigenvalue weighted by Gasteiger charge is 2.10. The Hall–Kier alpha value is -1.06. The molecular formula is C16H26N2O. The second-order valence-corrected chi connectivity index (χ2v) is 5.10. The number of ether oxygens (including phenoxy) is 1. The first-order chi connectivity index (χ1) is 9.33. The molecular weight excluding hydrogens is 236 g/mol. The second kappa shape index (κ2) is 7.51. The highest BCUT2D eigenvalue weighted by atomic mass is 16.5. The van der Waals surface area contributed by atoms with Gasteiger partial charge in [-0.3, -0.25) is 0 Å². The Morgan fingerprint density at radius 2 is 2.11 bits per heavy atom. The number of fused-ring (bicyclic) bond motifs is 1. The van der Waals surface area contributed by atoms with Crippen LogP contribution in [0.2, 0.25) is 0 Å². The van der Waals surface area contributed by atoms with Crippen LogP contribution in [0.5, 0.6) is 5.75 Å². The molecule has 0 aliphatic carbocycles. The van der Waals surface area contributed by atoms with Crippen LogP contribution in [0, 0.1) is 0 Å². The molecule has 0 aromatic heterocycles. The zero-order chi connectivity index (χ0) is 13.5. The van der Waals surface area contributed by atoms with E-state index in [0.29, 0.717) is 0 Å². The van der Waals surface area contributed by atoms with Crippen molar-refractivity contribution in [1.82, 2.24) is 10.2 Å². The Labute approximate surface area is 116 Å². The lowest BCUT2D eigenvalue weighted by molar-refractivity contribution is 0.288. The molecule has 1 aliphatic heterocycles. The SMILES string of the molecule is CCN(CC)CCNCc1ccc2c(c1)CCCO2. The van der Waals surface area contributed by atoms with Crippen LogP contribution in [0.1, 0.15) is 31.4 Å². The summed E-state index contributed by atoms with van der Waals surface area (Å²) in [6.07, 6.45) is 2.30. The number of rotatable bonds is 7. The standard InChI is InChI=1S/C16H26N2O/c1-3-18(4-2)10-9-17-13-14-7-8-16-15(12-14)6-5-11-19-16/h7-8,12,17H,3-6,9-11,13H2,1-2H3. The fourth-order valence-corrected chi connectivity index (χ4v) is 2.53. The minimum absolute atomic E-state index is 0.870. The molecule has 0 amide bonds. The van der Waals surface area contributed by atoms with Crippen molar-refractivity contribution < 1.29 is 4.74 Å². The summed E-state index contributed by atoms with van der Waals surface area (Å²) < 4.78 is 5.64. The van der Waals surface area contributed by atoms with E-state index in [-0.39, 0.29) is 0 Å². The van der Waals surface area contributed by atoms with Crippen LogP contribution in [0.3, 0.4) is 0 Å². The van der Waals surface area contributed by atoms with Gasteiger partial charge in [-0.05, 0) is 43.1 Å². The van der Waals surface area contributed by atoms with E-state index >= 15 is 0 Å². The molecule has 0 unspecified atom stereocenters. The van der Waals surface area contributed by atoms with Gasteiger partial charge in [0.2, 0.25) is 0 Å². The molecule has 1 aliphatic rings. The van der Waals surface area contributed by atoms with Gasteiger partial charge in [0.1, 0.15) is 5.75 Å². The van der Waals surface area contributed by atoms with Gasteiger partial charge < -0.3 is 15.0 Å². The molecule has 0 saturated heterocycles. The predicted molar refractivity (Wildman–Crippen MR) is 79.8 cm³/mol. The summed E-state index contributed by atoms with van der Waals surface area (Å²) in [6.45, 7) is 10.7. The topological polar surface area (TPSA) is 24.5 Å². The maximum atomic E-state index is 5.64. The maximum Gasteiger partial charge on any atom is 0.122 e. The molecule has 0 fully saturated rings. The number of benzene rings is 1. The van der Waals surface area contributed by atoms with Crippen LogP contribution in [0.15, 0.2) is 18.2 Å². The highest BCUT2D eigenvalue weighted by molar-refractivity contribution is 5.38. The molecule has 0 saturated carbocycles. The summed E-state index contributed by atoms with van der Waals surface area (Å²) in [5.74, 6) is 1.08. The van der Waals surface area contributed by atoms with Crippen LogP contribution in [-0.2, 0) is 13.0 Å². The minimum atomic E-state index is 0.870. The summed E-state index contributed by atoms with van der Waals surface area (Å²) in [5, 5.41) is 3.53. The predicted octanol–water partition coefficient (Wildman–Crippen LogP) is 2.44. The Kier molecular flexibility index (Phi) is 5.67. The van der Waals surface area contributed by atoms with E-state index in [4.69, 9.17) is 4.74 Å². The van der Waals surface area contributed by atoms with E-state index in [1.807, 2.05) is 0 Å². The maximum absolute atomic E-state index is 5.64. The molecule has 106 valence electrons. The smallest absolute Gasteiger partial charge is 0.122 e. The average molecular weight is 262 g/mol. The van der Waals surface area contributed by atoms with Crippen molar-refractivity contribution in [2.75, 3.05) is 32.8 Å². The molecule has 2 rings (SSSR count). The Morgan fingerprint density at radius 3 is 2.89 bits per heavy atom. The van der Waals surface area contributed by atoms with Gasteiger partial charge in [-0.15, -0.1) is 0 Å². The third kappa shape index (κ3) is 4.22. The zero-order valence-electron chi connectivity index (χ0n) is 12.2. The molecule has 1 aromatic rings. The van der Waals surface area contributed by atoms with Gasteiger partial charge in [0.25, 0.3) is 0 Å². The molecule has 0 radical (unpaired) electrons. The monoisotopic (exact) mass is 262 g/mol. The van der Waals surface area contributed by atoms with Crippen LogP contribution in [0.4, 0.5) is 0 Å². The van der Waals surface area contributed by atoms with Gasteiger partial charge in [0.05, 0.1) is 6.61 Å². The summed E-state index contributed by atoms with van der Waals surface area (Å²) in [4.78, 5) is 2.44. The van der Waals surface area contributed by atoms with Crippen molar-refractivity contribution in [2.45, 2.75) is 33.2 Å². The summed E-state index contributed by atoms with van der Waals surface area (Å²) in [5.41, 5.74) is 2.73. The fraction of sp³-hybridized carbons (Fsp3) is 0.625. The number of aryl methyl sites for hydroxylation is 1.